The van der Waals surface area contributed by atoms with Crippen molar-refractivity contribution < 1.29 is 17.9 Å². The molecule has 0 aliphatic heterocycles. The highest BCUT2D eigenvalue weighted by Crippen LogP contribution is 2.38. The zero-order valence-corrected chi connectivity index (χ0v) is 12.2. The Balaban J connectivity index is 2.34. The molecule has 0 N–H and O–H groups in total. The van der Waals surface area contributed by atoms with Crippen molar-refractivity contribution in [1.82, 2.24) is 9.78 Å². The summed E-state index contributed by atoms with van der Waals surface area (Å²) in [5, 5.41) is 4.03. The summed E-state index contributed by atoms with van der Waals surface area (Å²) in [5.74, 6) is 0.00163. The summed E-state index contributed by atoms with van der Waals surface area (Å²) in [5.41, 5.74) is -0.466. The highest BCUT2D eigenvalue weighted by Gasteiger charge is 2.35. The Morgan fingerprint density at radius 1 is 1.33 bits per heavy atom. The molecule has 114 valence electrons. The second-order valence-electron chi connectivity index (χ2n) is 4.81. The Bertz CT molecular complexity index is 623. The first kappa shape index (κ1) is 15.7. The Labute approximate surface area is 125 Å². The van der Waals surface area contributed by atoms with E-state index >= 15 is 0 Å². The van der Waals surface area contributed by atoms with Crippen LogP contribution in [0.3, 0.4) is 0 Å². The van der Waals surface area contributed by atoms with Gasteiger partial charge in [-0.3, -0.25) is 4.68 Å². The molecule has 0 bridgehead atoms. The first-order valence-electron chi connectivity index (χ1n) is 6.29. The van der Waals surface area contributed by atoms with Gasteiger partial charge in [-0.25, -0.2) is 0 Å². The quantitative estimate of drug-likeness (QED) is 0.741. The minimum absolute atomic E-state index is 0.00857. The summed E-state index contributed by atoms with van der Waals surface area (Å²) in [6.07, 6.45) is -1.57. The van der Waals surface area contributed by atoms with Crippen molar-refractivity contribution in [3.8, 4) is 11.5 Å². The highest BCUT2D eigenvalue weighted by atomic mass is 35.5. The van der Waals surface area contributed by atoms with Gasteiger partial charge in [0.05, 0.1) is 18.0 Å². The highest BCUT2D eigenvalue weighted by molar-refractivity contribution is 6.17. The molecule has 0 unspecified atom stereocenters. The third kappa shape index (κ3) is 3.69. The fourth-order valence-corrected chi connectivity index (χ4v) is 1.92. The maximum atomic E-state index is 13.1. The average molecular weight is 319 g/mol. The van der Waals surface area contributed by atoms with Gasteiger partial charge in [-0.15, -0.1) is 11.6 Å². The predicted octanol–water partition coefficient (Wildman–Crippen LogP) is 5.01. The van der Waals surface area contributed by atoms with Crippen LogP contribution in [0.2, 0.25) is 0 Å². The lowest BCUT2D eigenvalue weighted by Gasteiger charge is -2.13. The van der Waals surface area contributed by atoms with E-state index in [1.54, 1.807) is 10.9 Å². The van der Waals surface area contributed by atoms with Crippen molar-refractivity contribution in [3.63, 3.8) is 0 Å². The van der Waals surface area contributed by atoms with Crippen LogP contribution in [0.1, 0.15) is 31.0 Å². The third-order valence-electron chi connectivity index (χ3n) is 2.84. The fourth-order valence-electron chi connectivity index (χ4n) is 1.75. The van der Waals surface area contributed by atoms with Crippen molar-refractivity contribution in [3.05, 3.63) is 41.7 Å². The Kier molecular flexibility index (Phi) is 4.46. The number of ether oxygens (including phenoxy) is 1. The number of hydrogen-bond acceptors (Lipinski definition) is 2. The largest absolute Gasteiger partial charge is 0.453 e. The molecule has 3 nitrogen and oxygen atoms in total. The van der Waals surface area contributed by atoms with Crippen LogP contribution in [0, 0.1) is 0 Å². The number of nitrogens with zero attached hydrogens (tertiary/aromatic N) is 2. The van der Waals surface area contributed by atoms with E-state index in [0.717, 1.165) is 6.07 Å². The number of benzene rings is 1. The van der Waals surface area contributed by atoms with Gasteiger partial charge >= 0.3 is 6.18 Å². The number of aromatic nitrogens is 2. The molecule has 1 heterocycles. The molecule has 21 heavy (non-hydrogen) atoms. The van der Waals surface area contributed by atoms with E-state index in [0.29, 0.717) is 5.56 Å². The number of rotatable bonds is 4. The van der Waals surface area contributed by atoms with Crippen LogP contribution >= 0.6 is 11.6 Å². The fraction of sp³-hybridized carbons (Fsp3) is 0.357. The molecule has 7 heteroatoms. The smallest absolute Gasteiger partial charge is 0.419 e. The van der Waals surface area contributed by atoms with E-state index < -0.39 is 11.7 Å². The molecule has 0 saturated carbocycles. The number of hydrogen-bond donors (Lipinski definition) is 0. The number of halogens is 4. The molecule has 0 amide bonds. The van der Waals surface area contributed by atoms with Crippen molar-refractivity contribution in [2.24, 2.45) is 0 Å². The molecule has 0 fully saturated rings. The van der Waals surface area contributed by atoms with E-state index in [-0.39, 0.29) is 23.4 Å². The molecule has 0 spiro atoms. The first-order chi connectivity index (χ1) is 9.81. The van der Waals surface area contributed by atoms with E-state index in [4.69, 9.17) is 16.3 Å². The summed E-state index contributed by atoms with van der Waals surface area (Å²) >= 11 is 5.58. The van der Waals surface area contributed by atoms with E-state index in [2.05, 4.69) is 5.10 Å². The van der Waals surface area contributed by atoms with Gasteiger partial charge in [-0.2, -0.15) is 18.3 Å². The summed E-state index contributed by atoms with van der Waals surface area (Å²) in [7, 11) is 0. The van der Waals surface area contributed by atoms with Crippen LogP contribution in [-0.2, 0) is 12.1 Å². The molecule has 2 aromatic rings. The maximum Gasteiger partial charge on any atom is 0.419 e. The Hall–Kier alpha value is -1.69. The van der Waals surface area contributed by atoms with Gasteiger partial charge in [0, 0.05) is 11.9 Å². The number of alkyl halides is 4. The molecule has 0 aliphatic rings. The lowest BCUT2D eigenvalue weighted by Crippen LogP contribution is -2.07. The SMILES string of the molecule is CC(C)n1cc(Oc2ccc(CCl)cc2C(F)(F)F)cn1. The molecule has 0 saturated heterocycles. The third-order valence-corrected chi connectivity index (χ3v) is 3.15. The van der Waals surface area contributed by atoms with Gasteiger partial charge in [0.1, 0.15) is 5.75 Å². The van der Waals surface area contributed by atoms with Crippen LogP contribution < -0.4 is 4.74 Å². The van der Waals surface area contributed by atoms with Gasteiger partial charge in [0.2, 0.25) is 0 Å². The van der Waals surface area contributed by atoms with Crippen LogP contribution in [0.4, 0.5) is 13.2 Å². The molecular formula is C14H14ClF3N2O. The van der Waals surface area contributed by atoms with Crippen LogP contribution in [0.15, 0.2) is 30.6 Å². The van der Waals surface area contributed by atoms with Gasteiger partial charge in [0.25, 0.3) is 0 Å². The molecule has 0 aliphatic carbocycles. The molecule has 0 radical (unpaired) electrons. The zero-order chi connectivity index (χ0) is 15.6. The second kappa shape index (κ2) is 5.97. The van der Waals surface area contributed by atoms with Crippen LogP contribution in [0.25, 0.3) is 0 Å². The molecule has 0 atom stereocenters. The molecule has 1 aromatic heterocycles. The normalized spacial score (nSPS) is 12.0. The lowest BCUT2D eigenvalue weighted by atomic mass is 10.1. The van der Waals surface area contributed by atoms with Crippen molar-refractivity contribution in [2.45, 2.75) is 31.9 Å². The Morgan fingerprint density at radius 3 is 2.57 bits per heavy atom. The van der Waals surface area contributed by atoms with Gasteiger partial charge < -0.3 is 4.74 Å². The second-order valence-corrected chi connectivity index (χ2v) is 5.08. The van der Waals surface area contributed by atoms with Gasteiger partial charge in [-0.1, -0.05) is 6.07 Å². The summed E-state index contributed by atoms with van der Waals surface area (Å²) in [6.45, 7) is 3.82. The van der Waals surface area contributed by atoms with Gasteiger partial charge in [0.15, 0.2) is 5.75 Å². The van der Waals surface area contributed by atoms with Crippen LogP contribution in [0.5, 0.6) is 11.5 Å². The first-order valence-corrected chi connectivity index (χ1v) is 6.83. The Morgan fingerprint density at radius 2 is 2.05 bits per heavy atom. The van der Waals surface area contributed by atoms with Crippen molar-refractivity contribution in [1.29, 1.82) is 0 Å². The van der Waals surface area contributed by atoms with Crippen molar-refractivity contribution >= 4 is 11.6 Å². The summed E-state index contributed by atoms with van der Waals surface area (Å²) in [6, 6.07) is 3.87. The maximum absolute atomic E-state index is 13.1. The summed E-state index contributed by atoms with van der Waals surface area (Å²) in [4.78, 5) is 0. The minimum Gasteiger partial charge on any atom is -0.453 e. The zero-order valence-electron chi connectivity index (χ0n) is 11.5. The monoisotopic (exact) mass is 318 g/mol. The standard InChI is InChI=1S/C14H14ClF3N2O/c1-9(2)20-8-11(7-19-20)21-13-4-3-10(6-15)5-12(13)14(16,17)18/h3-5,7-9H,6H2,1-2H3. The molecule has 2 rings (SSSR count). The molecule has 1 aromatic carbocycles. The molecular weight excluding hydrogens is 305 g/mol. The lowest BCUT2D eigenvalue weighted by molar-refractivity contribution is -0.138. The summed E-state index contributed by atoms with van der Waals surface area (Å²) < 4.78 is 46.1. The average Bonchev–Trinajstić information content (AvgIpc) is 2.86. The van der Waals surface area contributed by atoms with Gasteiger partial charge in [-0.05, 0) is 31.5 Å². The predicted molar refractivity (Wildman–Crippen MR) is 73.7 cm³/mol. The van der Waals surface area contributed by atoms with E-state index in [1.807, 2.05) is 13.8 Å². The topological polar surface area (TPSA) is 27.1 Å². The van der Waals surface area contributed by atoms with E-state index in [1.165, 1.54) is 18.3 Å². The minimum atomic E-state index is -4.51. The van der Waals surface area contributed by atoms with Crippen LogP contribution in [-0.4, -0.2) is 9.78 Å². The van der Waals surface area contributed by atoms with E-state index in [9.17, 15) is 13.2 Å². The van der Waals surface area contributed by atoms with Crippen molar-refractivity contribution in [2.75, 3.05) is 0 Å².